The summed E-state index contributed by atoms with van der Waals surface area (Å²) in [6.45, 7) is 7.26. The average Bonchev–Trinajstić information content (AvgIpc) is 2.18. The van der Waals surface area contributed by atoms with Crippen molar-refractivity contribution in [2.75, 3.05) is 6.61 Å². The second-order valence-electron chi connectivity index (χ2n) is 4.93. The molecule has 1 atom stereocenters. The van der Waals surface area contributed by atoms with Crippen molar-refractivity contribution >= 4 is 0 Å². The summed E-state index contributed by atoms with van der Waals surface area (Å²) in [5.41, 5.74) is 1.49. The molecule has 0 aromatic heterocycles. The molecule has 0 aromatic rings. The molecule has 0 radical (unpaired) electrons. The summed E-state index contributed by atoms with van der Waals surface area (Å²) in [6.07, 6.45) is 11.9. The summed E-state index contributed by atoms with van der Waals surface area (Å²) in [5.74, 6) is 3.25. The zero-order valence-electron chi connectivity index (χ0n) is 10.2. The van der Waals surface area contributed by atoms with Gasteiger partial charge in [-0.25, -0.2) is 0 Å². The Balaban J connectivity index is 2.44. The standard InChI is InChI=1S/C14H22O/c1-5-6-11-15-14(3,4)13-9-7-12(2)8-10-13/h1,7,13H,6,8-11H2,2-4H3. The van der Waals surface area contributed by atoms with Gasteiger partial charge in [-0.15, -0.1) is 12.3 Å². The van der Waals surface area contributed by atoms with Gasteiger partial charge < -0.3 is 4.74 Å². The van der Waals surface area contributed by atoms with Crippen LogP contribution in [0.5, 0.6) is 0 Å². The minimum Gasteiger partial charge on any atom is -0.374 e. The molecule has 1 unspecified atom stereocenters. The van der Waals surface area contributed by atoms with Crippen LogP contribution in [-0.2, 0) is 4.74 Å². The smallest absolute Gasteiger partial charge is 0.0658 e. The predicted molar refractivity (Wildman–Crippen MR) is 64.6 cm³/mol. The van der Waals surface area contributed by atoms with Gasteiger partial charge in [0.25, 0.3) is 0 Å². The van der Waals surface area contributed by atoms with E-state index in [0.717, 1.165) is 6.42 Å². The van der Waals surface area contributed by atoms with Gasteiger partial charge in [0, 0.05) is 6.42 Å². The average molecular weight is 206 g/mol. The Morgan fingerprint density at radius 1 is 1.60 bits per heavy atom. The lowest BCUT2D eigenvalue weighted by Gasteiger charge is -2.36. The van der Waals surface area contributed by atoms with Gasteiger partial charge in [0.1, 0.15) is 0 Å². The Morgan fingerprint density at radius 2 is 2.33 bits per heavy atom. The fraction of sp³-hybridized carbons (Fsp3) is 0.714. The van der Waals surface area contributed by atoms with Gasteiger partial charge >= 0.3 is 0 Å². The first-order valence-electron chi connectivity index (χ1n) is 5.79. The highest BCUT2D eigenvalue weighted by atomic mass is 16.5. The van der Waals surface area contributed by atoms with E-state index in [-0.39, 0.29) is 5.60 Å². The monoisotopic (exact) mass is 206 g/mol. The Hall–Kier alpha value is -0.740. The molecule has 15 heavy (non-hydrogen) atoms. The zero-order valence-corrected chi connectivity index (χ0v) is 10.2. The van der Waals surface area contributed by atoms with Crippen molar-refractivity contribution in [1.29, 1.82) is 0 Å². The molecule has 0 heterocycles. The molecule has 1 aliphatic rings. The largest absolute Gasteiger partial charge is 0.374 e. The lowest BCUT2D eigenvalue weighted by atomic mass is 9.79. The minimum absolute atomic E-state index is 0.0337. The van der Waals surface area contributed by atoms with Crippen LogP contribution in [0, 0.1) is 18.3 Å². The molecule has 84 valence electrons. The Kier molecular flexibility index (Phi) is 4.42. The summed E-state index contributed by atoms with van der Waals surface area (Å²) < 4.78 is 5.87. The molecule has 0 spiro atoms. The molecule has 0 N–H and O–H groups in total. The molecule has 0 saturated carbocycles. The van der Waals surface area contributed by atoms with Crippen LogP contribution in [0.4, 0.5) is 0 Å². The third-order valence-corrected chi connectivity index (χ3v) is 3.34. The summed E-state index contributed by atoms with van der Waals surface area (Å²) in [5, 5.41) is 0. The van der Waals surface area contributed by atoms with Crippen LogP contribution < -0.4 is 0 Å². The van der Waals surface area contributed by atoms with Crippen molar-refractivity contribution in [3.05, 3.63) is 11.6 Å². The van der Waals surface area contributed by atoms with Crippen molar-refractivity contribution in [3.8, 4) is 12.3 Å². The third-order valence-electron chi connectivity index (χ3n) is 3.34. The molecular weight excluding hydrogens is 184 g/mol. The van der Waals surface area contributed by atoms with Crippen LogP contribution in [0.25, 0.3) is 0 Å². The maximum absolute atomic E-state index is 5.87. The molecule has 0 fully saturated rings. The van der Waals surface area contributed by atoms with Crippen molar-refractivity contribution in [1.82, 2.24) is 0 Å². The van der Waals surface area contributed by atoms with Crippen LogP contribution in [-0.4, -0.2) is 12.2 Å². The molecule has 1 aliphatic carbocycles. The summed E-state index contributed by atoms with van der Waals surface area (Å²) >= 11 is 0. The van der Waals surface area contributed by atoms with Crippen molar-refractivity contribution in [2.24, 2.45) is 5.92 Å². The van der Waals surface area contributed by atoms with Crippen LogP contribution in [0.2, 0.25) is 0 Å². The van der Waals surface area contributed by atoms with Crippen molar-refractivity contribution in [2.45, 2.75) is 52.1 Å². The van der Waals surface area contributed by atoms with Crippen LogP contribution >= 0.6 is 0 Å². The summed E-state index contributed by atoms with van der Waals surface area (Å²) in [6, 6.07) is 0. The van der Waals surface area contributed by atoms with E-state index in [1.165, 1.54) is 18.4 Å². The van der Waals surface area contributed by atoms with Gasteiger partial charge in [-0.2, -0.15) is 0 Å². The highest BCUT2D eigenvalue weighted by Gasteiger charge is 2.30. The molecule has 0 bridgehead atoms. The quantitative estimate of drug-likeness (QED) is 0.388. The van der Waals surface area contributed by atoms with E-state index in [0.29, 0.717) is 18.9 Å². The first-order valence-corrected chi connectivity index (χ1v) is 5.79. The lowest BCUT2D eigenvalue weighted by molar-refractivity contribution is -0.0605. The van der Waals surface area contributed by atoms with Crippen LogP contribution in [0.1, 0.15) is 46.5 Å². The van der Waals surface area contributed by atoms with Crippen molar-refractivity contribution in [3.63, 3.8) is 0 Å². The second-order valence-corrected chi connectivity index (χ2v) is 4.93. The number of hydrogen-bond acceptors (Lipinski definition) is 1. The first kappa shape index (κ1) is 12.3. The van der Waals surface area contributed by atoms with E-state index < -0.39 is 0 Å². The van der Waals surface area contributed by atoms with Gasteiger partial charge in [-0.1, -0.05) is 11.6 Å². The first-order chi connectivity index (χ1) is 7.06. The zero-order chi connectivity index (χ0) is 11.3. The van der Waals surface area contributed by atoms with E-state index in [4.69, 9.17) is 11.2 Å². The van der Waals surface area contributed by atoms with E-state index in [1.54, 1.807) is 0 Å². The molecule has 1 rings (SSSR count). The lowest BCUT2D eigenvalue weighted by Crippen LogP contribution is -2.35. The highest BCUT2D eigenvalue weighted by molar-refractivity contribution is 5.05. The minimum atomic E-state index is -0.0337. The predicted octanol–water partition coefficient (Wildman–Crippen LogP) is 3.55. The van der Waals surface area contributed by atoms with Gasteiger partial charge in [0.05, 0.1) is 12.2 Å². The number of ether oxygens (including phenoxy) is 1. The molecule has 0 aromatic carbocycles. The Labute approximate surface area is 93.9 Å². The molecule has 1 heteroatoms. The molecule has 0 aliphatic heterocycles. The van der Waals surface area contributed by atoms with Gasteiger partial charge in [-0.05, 0) is 46.0 Å². The highest BCUT2D eigenvalue weighted by Crippen LogP contribution is 2.33. The topological polar surface area (TPSA) is 9.23 Å². The maximum atomic E-state index is 5.87. The summed E-state index contributed by atoms with van der Waals surface area (Å²) in [7, 11) is 0. The van der Waals surface area contributed by atoms with Crippen LogP contribution in [0.15, 0.2) is 11.6 Å². The Bertz CT molecular complexity index is 268. The van der Waals surface area contributed by atoms with E-state index >= 15 is 0 Å². The van der Waals surface area contributed by atoms with Crippen LogP contribution in [0.3, 0.4) is 0 Å². The number of rotatable bonds is 4. The van der Waals surface area contributed by atoms with E-state index in [9.17, 15) is 0 Å². The number of allylic oxidation sites excluding steroid dienone is 2. The molecule has 0 amide bonds. The second kappa shape index (κ2) is 5.37. The number of terminal acetylenes is 1. The van der Waals surface area contributed by atoms with Gasteiger partial charge in [-0.3, -0.25) is 0 Å². The fourth-order valence-corrected chi connectivity index (χ4v) is 2.09. The maximum Gasteiger partial charge on any atom is 0.0658 e. The van der Waals surface area contributed by atoms with Crippen molar-refractivity contribution < 1.29 is 4.74 Å². The Morgan fingerprint density at radius 3 is 2.87 bits per heavy atom. The van der Waals surface area contributed by atoms with E-state index in [2.05, 4.69) is 32.8 Å². The molecular formula is C14H22O. The van der Waals surface area contributed by atoms with Gasteiger partial charge in [0.2, 0.25) is 0 Å². The SMILES string of the molecule is C#CCCOC(C)(C)C1CC=C(C)CC1. The van der Waals surface area contributed by atoms with E-state index in [1.807, 2.05) is 0 Å². The fourth-order valence-electron chi connectivity index (χ4n) is 2.09. The molecule has 1 nitrogen and oxygen atoms in total. The normalized spacial score (nSPS) is 22.0. The molecule has 0 saturated heterocycles. The number of hydrogen-bond donors (Lipinski definition) is 0. The summed E-state index contributed by atoms with van der Waals surface area (Å²) in [4.78, 5) is 0. The third kappa shape index (κ3) is 3.72. The van der Waals surface area contributed by atoms with Gasteiger partial charge in [0.15, 0.2) is 0 Å².